The Hall–Kier alpha value is -0.0400. The van der Waals surface area contributed by atoms with Gasteiger partial charge in [0.2, 0.25) is 0 Å². The lowest BCUT2D eigenvalue weighted by atomic mass is 9.78. The molecule has 0 aromatic carbocycles. The van der Waals surface area contributed by atoms with Crippen LogP contribution in [0.5, 0.6) is 0 Å². The van der Waals surface area contributed by atoms with Crippen molar-refractivity contribution >= 4 is 0 Å². The first-order chi connectivity index (χ1) is 6.27. The Balaban J connectivity index is 2.85. The second-order valence-electron chi connectivity index (χ2n) is 6.59. The largest absolute Gasteiger partial charge is 0.381 e. The van der Waals surface area contributed by atoms with E-state index >= 15 is 0 Å². The molecular formula is C13H26O. The van der Waals surface area contributed by atoms with Crippen molar-refractivity contribution in [3.63, 3.8) is 0 Å². The zero-order valence-corrected chi connectivity index (χ0v) is 10.7. The number of hydrogen-bond acceptors (Lipinski definition) is 1. The smallest absolute Gasteiger partial charge is 0.0627 e. The molecule has 2 unspecified atom stereocenters. The molecule has 84 valence electrons. The minimum absolute atomic E-state index is 0.335. The van der Waals surface area contributed by atoms with Gasteiger partial charge in [-0.15, -0.1) is 0 Å². The summed E-state index contributed by atoms with van der Waals surface area (Å²) in [5.41, 5.74) is 0.774. The summed E-state index contributed by atoms with van der Waals surface area (Å²) in [6.07, 6.45) is 4.23. The van der Waals surface area contributed by atoms with Crippen LogP contribution >= 0.6 is 0 Å². The molecule has 0 saturated heterocycles. The molecule has 0 aliphatic heterocycles. The quantitative estimate of drug-likeness (QED) is 0.581. The standard InChI is InChI=1S/C13H26O/c1-10-7-12(2,3)9-11(14-6)13(4,5)8-10/h10-11H,7-9H2,1-6H3. The molecular weight excluding hydrogens is 172 g/mol. The zero-order valence-electron chi connectivity index (χ0n) is 10.7. The molecule has 1 saturated carbocycles. The van der Waals surface area contributed by atoms with E-state index in [-0.39, 0.29) is 0 Å². The van der Waals surface area contributed by atoms with Crippen molar-refractivity contribution in [3.05, 3.63) is 0 Å². The lowest BCUT2D eigenvalue weighted by molar-refractivity contribution is -0.0145. The summed E-state index contributed by atoms with van der Waals surface area (Å²) in [6.45, 7) is 11.8. The number of methoxy groups -OCH3 is 1. The van der Waals surface area contributed by atoms with Crippen LogP contribution in [0.2, 0.25) is 0 Å². The first-order valence-corrected chi connectivity index (χ1v) is 5.80. The highest BCUT2D eigenvalue weighted by atomic mass is 16.5. The molecule has 1 fully saturated rings. The zero-order chi connectivity index (χ0) is 11.0. The highest BCUT2D eigenvalue weighted by Gasteiger charge is 2.39. The number of rotatable bonds is 1. The fraction of sp³-hybridized carbons (Fsp3) is 1.00. The first kappa shape index (κ1) is 12.0. The highest BCUT2D eigenvalue weighted by Crippen LogP contribution is 2.45. The molecule has 1 nitrogen and oxygen atoms in total. The average molecular weight is 198 g/mol. The van der Waals surface area contributed by atoms with E-state index in [1.165, 1.54) is 19.3 Å². The molecule has 1 aliphatic rings. The van der Waals surface area contributed by atoms with Gasteiger partial charge in [0.15, 0.2) is 0 Å². The molecule has 0 aromatic rings. The first-order valence-electron chi connectivity index (χ1n) is 5.80. The van der Waals surface area contributed by atoms with Gasteiger partial charge >= 0.3 is 0 Å². The number of ether oxygens (including phenoxy) is 1. The summed E-state index contributed by atoms with van der Waals surface area (Å²) in [6, 6.07) is 0. The maximum Gasteiger partial charge on any atom is 0.0627 e. The summed E-state index contributed by atoms with van der Waals surface area (Å²) < 4.78 is 5.67. The SMILES string of the molecule is COC1CC(C)(C)CC(C)CC1(C)C. The molecule has 0 radical (unpaired) electrons. The van der Waals surface area contributed by atoms with Gasteiger partial charge in [-0.1, -0.05) is 34.6 Å². The van der Waals surface area contributed by atoms with Crippen LogP contribution in [-0.4, -0.2) is 13.2 Å². The van der Waals surface area contributed by atoms with E-state index in [9.17, 15) is 0 Å². The van der Waals surface area contributed by atoms with E-state index in [1.54, 1.807) is 0 Å². The van der Waals surface area contributed by atoms with Crippen LogP contribution in [0.15, 0.2) is 0 Å². The average Bonchev–Trinajstić information content (AvgIpc) is 2.03. The van der Waals surface area contributed by atoms with Crippen LogP contribution in [0.25, 0.3) is 0 Å². The fourth-order valence-corrected chi connectivity index (χ4v) is 3.31. The summed E-state index contributed by atoms with van der Waals surface area (Å²) in [7, 11) is 1.86. The Morgan fingerprint density at radius 3 is 2.07 bits per heavy atom. The van der Waals surface area contributed by atoms with Gasteiger partial charge in [-0.2, -0.15) is 0 Å². The van der Waals surface area contributed by atoms with Crippen molar-refractivity contribution in [1.82, 2.24) is 0 Å². The molecule has 1 aliphatic carbocycles. The Bertz CT molecular complexity index is 193. The van der Waals surface area contributed by atoms with E-state index in [1.807, 2.05) is 7.11 Å². The van der Waals surface area contributed by atoms with Crippen LogP contribution in [0, 0.1) is 16.7 Å². The summed E-state index contributed by atoms with van der Waals surface area (Å²) >= 11 is 0. The molecule has 1 rings (SSSR count). The minimum Gasteiger partial charge on any atom is -0.381 e. The Morgan fingerprint density at radius 1 is 1.00 bits per heavy atom. The van der Waals surface area contributed by atoms with Crippen LogP contribution in [0.4, 0.5) is 0 Å². The molecule has 0 spiro atoms. The lowest BCUT2D eigenvalue weighted by Gasteiger charge is -2.34. The van der Waals surface area contributed by atoms with E-state index < -0.39 is 0 Å². The van der Waals surface area contributed by atoms with Gasteiger partial charge in [-0.3, -0.25) is 0 Å². The van der Waals surface area contributed by atoms with Crippen molar-refractivity contribution in [2.45, 2.75) is 60.0 Å². The van der Waals surface area contributed by atoms with Crippen molar-refractivity contribution < 1.29 is 4.74 Å². The maximum absolute atomic E-state index is 5.67. The van der Waals surface area contributed by atoms with Gasteiger partial charge in [-0.05, 0) is 36.0 Å². The molecule has 14 heavy (non-hydrogen) atoms. The normalized spacial score (nSPS) is 36.4. The van der Waals surface area contributed by atoms with Gasteiger partial charge in [0.25, 0.3) is 0 Å². The van der Waals surface area contributed by atoms with Crippen molar-refractivity contribution in [2.24, 2.45) is 16.7 Å². The third kappa shape index (κ3) is 2.73. The Morgan fingerprint density at radius 2 is 1.57 bits per heavy atom. The minimum atomic E-state index is 0.335. The topological polar surface area (TPSA) is 9.23 Å². The predicted octanol–water partition coefficient (Wildman–Crippen LogP) is 3.87. The fourth-order valence-electron chi connectivity index (χ4n) is 3.31. The molecule has 0 heterocycles. The van der Waals surface area contributed by atoms with Crippen LogP contribution in [0.3, 0.4) is 0 Å². The van der Waals surface area contributed by atoms with Gasteiger partial charge in [0, 0.05) is 7.11 Å². The third-order valence-corrected chi connectivity index (χ3v) is 3.67. The highest BCUT2D eigenvalue weighted by molar-refractivity contribution is 4.90. The monoisotopic (exact) mass is 198 g/mol. The summed E-state index contributed by atoms with van der Waals surface area (Å²) in [5, 5.41) is 0. The number of hydrogen-bond donors (Lipinski definition) is 0. The second-order valence-corrected chi connectivity index (χ2v) is 6.59. The van der Waals surface area contributed by atoms with Gasteiger partial charge in [0.1, 0.15) is 0 Å². The van der Waals surface area contributed by atoms with Crippen molar-refractivity contribution in [3.8, 4) is 0 Å². The molecule has 2 atom stereocenters. The van der Waals surface area contributed by atoms with E-state index in [0.29, 0.717) is 16.9 Å². The summed E-state index contributed by atoms with van der Waals surface area (Å²) in [4.78, 5) is 0. The van der Waals surface area contributed by atoms with Crippen LogP contribution < -0.4 is 0 Å². The van der Waals surface area contributed by atoms with Crippen molar-refractivity contribution in [1.29, 1.82) is 0 Å². The lowest BCUT2D eigenvalue weighted by Crippen LogP contribution is -2.32. The van der Waals surface area contributed by atoms with Crippen molar-refractivity contribution in [2.75, 3.05) is 7.11 Å². The molecule has 0 aromatic heterocycles. The Kier molecular flexibility index (Phi) is 3.30. The van der Waals surface area contributed by atoms with Crippen LogP contribution in [0.1, 0.15) is 53.9 Å². The maximum atomic E-state index is 5.67. The third-order valence-electron chi connectivity index (χ3n) is 3.67. The van der Waals surface area contributed by atoms with E-state index in [2.05, 4.69) is 34.6 Å². The van der Waals surface area contributed by atoms with Crippen LogP contribution in [-0.2, 0) is 4.74 Å². The van der Waals surface area contributed by atoms with E-state index in [4.69, 9.17) is 4.74 Å². The summed E-state index contributed by atoms with van der Waals surface area (Å²) in [5.74, 6) is 0.820. The van der Waals surface area contributed by atoms with E-state index in [0.717, 1.165) is 5.92 Å². The van der Waals surface area contributed by atoms with Gasteiger partial charge < -0.3 is 4.74 Å². The second kappa shape index (κ2) is 3.84. The Labute approximate surface area is 89.2 Å². The molecule has 0 N–H and O–H groups in total. The van der Waals surface area contributed by atoms with Gasteiger partial charge in [0.05, 0.1) is 6.10 Å². The van der Waals surface area contributed by atoms with Gasteiger partial charge in [-0.25, -0.2) is 0 Å². The predicted molar refractivity (Wildman–Crippen MR) is 61.4 cm³/mol. The molecule has 1 heteroatoms. The molecule has 0 amide bonds. The molecule has 0 bridgehead atoms.